The Kier molecular flexibility index (Phi) is 4.16. The van der Waals surface area contributed by atoms with Crippen molar-refractivity contribution in [2.75, 3.05) is 0 Å². The summed E-state index contributed by atoms with van der Waals surface area (Å²) >= 11 is 3.58. The number of hydrogen-bond acceptors (Lipinski definition) is 3. The van der Waals surface area contributed by atoms with Crippen LogP contribution < -0.4 is 11.3 Å². The van der Waals surface area contributed by atoms with Crippen LogP contribution in [0.2, 0.25) is 0 Å². The van der Waals surface area contributed by atoms with Gasteiger partial charge in [-0.1, -0.05) is 30.3 Å². The summed E-state index contributed by atoms with van der Waals surface area (Å²) in [4.78, 5) is 0. The highest BCUT2D eigenvalue weighted by Crippen LogP contribution is 2.25. The van der Waals surface area contributed by atoms with Gasteiger partial charge in [-0.2, -0.15) is 5.10 Å². The first kappa shape index (κ1) is 13.3. The Labute approximate surface area is 115 Å². The molecule has 0 saturated carbocycles. The van der Waals surface area contributed by atoms with E-state index in [2.05, 4.69) is 38.6 Å². The molecule has 0 aliphatic heterocycles. The summed E-state index contributed by atoms with van der Waals surface area (Å²) in [6.07, 6.45) is 0.790. The summed E-state index contributed by atoms with van der Waals surface area (Å²) in [5, 5.41) is 4.39. The molecule has 0 fully saturated rings. The Balaban J connectivity index is 2.26. The quantitative estimate of drug-likeness (QED) is 0.673. The monoisotopic (exact) mass is 308 g/mol. The van der Waals surface area contributed by atoms with E-state index in [1.54, 1.807) is 0 Å². The van der Waals surface area contributed by atoms with Crippen LogP contribution in [-0.2, 0) is 13.5 Å². The maximum absolute atomic E-state index is 5.66. The molecule has 0 bridgehead atoms. The van der Waals surface area contributed by atoms with Crippen molar-refractivity contribution in [2.24, 2.45) is 12.9 Å². The van der Waals surface area contributed by atoms with Crippen molar-refractivity contribution in [3.8, 4) is 0 Å². The molecule has 96 valence electrons. The number of rotatable bonds is 4. The van der Waals surface area contributed by atoms with E-state index in [-0.39, 0.29) is 6.04 Å². The lowest BCUT2D eigenvalue weighted by molar-refractivity contribution is 0.529. The molecule has 18 heavy (non-hydrogen) atoms. The zero-order valence-corrected chi connectivity index (χ0v) is 12.1. The molecule has 0 aliphatic carbocycles. The van der Waals surface area contributed by atoms with E-state index in [9.17, 15) is 0 Å². The summed E-state index contributed by atoms with van der Waals surface area (Å²) < 4.78 is 2.95. The van der Waals surface area contributed by atoms with Crippen molar-refractivity contribution in [2.45, 2.75) is 19.4 Å². The molecule has 1 atom stereocenters. The molecule has 2 aromatic rings. The van der Waals surface area contributed by atoms with Gasteiger partial charge in [0.1, 0.15) is 0 Å². The van der Waals surface area contributed by atoms with Gasteiger partial charge in [-0.05, 0) is 28.4 Å². The molecule has 0 radical (unpaired) electrons. The Morgan fingerprint density at radius 2 is 2.06 bits per heavy atom. The molecule has 2 rings (SSSR count). The number of benzene rings is 1. The van der Waals surface area contributed by atoms with Crippen LogP contribution in [0, 0.1) is 6.92 Å². The molecule has 0 spiro atoms. The first-order valence-electron chi connectivity index (χ1n) is 5.82. The zero-order valence-electron chi connectivity index (χ0n) is 10.5. The lowest BCUT2D eigenvalue weighted by Gasteiger charge is -2.16. The molecular weight excluding hydrogens is 292 g/mol. The highest BCUT2D eigenvalue weighted by atomic mass is 79.9. The Hall–Kier alpha value is -1.17. The predicted octanol–water partition coefficient (Wildman–Crippen LogP) is 2.24. The Morgan fingerprint density at radius 1 is 1.39 bits per heavy atom. The average Bonchev–Trinajstić information content (AvgIpc) is 2.62. The fourth-order valence-electron chi connectivity index (χ4n) is 2.05. The standard InChI is InChI=1S/C13H17BrN4/c1-9-13(14)12(18(2)17-9)8-11(16-15)10-6-4-3-5-7-10/h3-7,11,16H,8,15H2,1-2H3. The summed E-state index contributed by atoms with van der Waals surface area (Å²) in [5.41, 5.74) is 6.18. The third-order valence-corrected chi connectivity index (χ3v) is 4.09. The van der Waals surface area contributed by atoms with E-state index in [1.807, 2.05) is 36.9 Å². The maximum atomic E-state index is 5.66. The van der Waals surface area contributed by atoms with Crippen LogP contribution in [0.1, 0.15) is 23.0 Å². The van der Waals surface area contributed by atoms with Crippen molar-refractivity contribution in [3.63, 3.8) is 0 Å². The molecule has 1 aromatic heterocycles. The number of nitrogens with one attached hydrogen (secondary N) is 1. The predicted molar refractivity (Wildman–Crippen MR) is 75.9 cm³/mol. The second-order valence-corrected chi connectivity index (χ2v) is 5.10. The van der Waals surface area contributed by atoms with Crippen molar-refractivity contribution < 1.29 is 0 Å². The number of aryl methyl sites for hydroxylation is 2. The van der Waals surface area contributed by atoms with E-state index >= 15 is 0 Å². The molecule has 5 heteroatoms. The highest BCUT2D eigenvalue weighted by molar-refractivity contribution is 9.10. The van der Waals surface area contributed by atoms with Crippen molar-refractivity contribution in [3.05, 3.63) is 51.8 Å². The van der Waals surface area contributed by atoms with Crippen LogP contribution in [0.25, 0.3) is 0 Å². The second kappa shape index (κ2) is 5.65. The van der Waals surface area contributed by atoms with Gasteiger partial charge in [0.25, 0.3) is 0 Å². The second-order valence-electron chi connectivity index (χ2n) is 4.30. The Morgan fingerprint density at radius 3 is 2.56 bits per heavy atom. The molecule has 0 amide bonds. The maximum Gasteiger partial charge on any atom is 0.0738 e. The summed E-state index contributed by atoms with van der Waals surface area (Å²) in [6.45, 7) is 1.99. The van der Waals surface area contributed by atoms with E-state index in [0.29, 0.717) is 0 Å². The minimum atomic E-state index is 0.0808. The summed E-state index contributed by atoms with van der Waals surface area (Å²) in [5.74, 6) is 5.66. The van der Waals surface area contributed by atoms with Gasteiger partial charge in [0.2, 0.25) is 0 Å². The van der Waals surface area contributed by atoms with Gasteiger partial charge in [-0.25, -0.2) is 0 Å². The molecule has 1 aromatic carbocycles. The third kappa shape index (κ3) is 2.63. The van der Waals surface area contributed by atoms with Crippen LogP contribution >= 0.6 is 15.9 Å². The van der Waals surface area contributed by atoms with Crippen molar-refractivity contribution in [1.82, 2.24) is 15.2 Å². The lowest BCUT2D eigenvalue weighted by Crippen LogP contribution is -2.30. The minimum Gasteiger partial charge on any atom is -0.271 e. The number of hydrazine groups is 1. The molecule has 1 unspecified atom stereocenters. The van der Waals surface area contributed by atoms with Crippen LogP contribution in [0.4, 0.5) is 0 Å². The lowest BCUT2D eigenvalue weighted by atomic mass is 10.0. The summed E-state index contributed by atoms with van der Waals surface area (Å²) in [7, 11) is 1.95. The molecule has 4 nitrogen and oxygen atoms in total. The first-order valence-corrected chi connectivity index (χ1v) is 6.61. The van der Waals surface area contributed by atoms with Gasteiger partial charge in [0, 0.05) is 13.5 Å². The minimum absolute atomic E-state index is 0.0808. The van der Waals surface area contributed by atoms with E-state index in [1.165, 1.54) is 5.56 Å². The largest absolute Gasteiger partial charge is 0.271 e. The van der Waals surface area contributed by atoms with Gasteiger partial charge >= 0.3 is 0 Å². The number of nitrogens with two attached hydrogens (primary N) is 1. The van der Waals surface area contributed by atoms with E-state index in [0.717, 1.165) is 22.3 Å². The highest BCUT2D eigenvalue weighted by Gasteiger charge is 2.17. The fourth-order valence-corrected chi connectivity index (χ4v) is 2.55. The number of halogens is 1. The van der Waals surface area contributed by atoms with Crippen LogP contribution in [0.3, 0.4) is 0 Å². The number of nitrogens with zero attached hydrogens (tertiary/aromatic N) is 2. The molecule has 0 aliphatic rings. The first-order chi connectivity index (χ1) is 8.63. The average molecular weight is 309 g/mol. The SMILES string of the molecule is Cc1nn(C)c(CC(NN)c2ccccc2)c1Br. The van der Waals surface area contributed by atoms with Gasteiger partial charge < -0.3 is 0 Å². The molecular formula is C13H17BrN4. The van der Waals surface area contributed by atoms with Crippen LogP contribution in [0.15, 0.2) is 34.8 Å². The zero-order chi connectivity index (χ0) is 13.1. The van der Waals surface area contributed by atoms with Gasteiger partial charge in [0.15, 0.2) is 0 Å². The van der Waals surface area contributed by atoms with Crippen LogP contribution in [-0.4, -0.2) is 9.78 Å². The van der Waals surface area contributed by atoms with E-state index < -0.39 is 0 Å². The number of aromatic nitrogens is 2. The van der Waals surface area contributed by atoms with Gasteiger partial charge in [-0.15, -0.1) is 0 Å². The molecule has 0 saturated heterocycles. The normalized spacial score (nSPS) is 12.7. The van der Waals surface area contributed by atoms with Crippen molar-refractivity contribution >= 4 is 15.9 Å². The van der Waals surface area contributed by atoms with Gasteiger partial charge in [-0.3, -0.25) is 16.0 Å². The van der Waals surface area contributed by atoms with Gasteiger partial charge in [0.05, 0.1) is 21.9 Å². The van der Waals surface area contributed by atoms with Crippen molar-refractivity contribution in [1.29, 1.82) is 0 Å². The topological polar surface area (TPSA) is 55.9 Å². The smallest absolute Gasteiger partial charge is 0.0738 e. The number of hydrogen-bond donors (Lipinski definition) is 2. The van der Waals surface area contributed by atoms with E-state index in [4.69, 9.17) is 5.84 Å². The molecule has 3 N–H and O–H groups in total. The third-order valence-electron chi connectivity index (χ3n) is 3.06. The summed E-state index contributed by atoms with van der Waals surface area (Å²) in [6, 6.07) is 10.3. The fraction of sp³-hybridized carbons (Fsp3) is 0.308. The Bertz CT molecular complexity index is 521. The van der Waals surface area contributed by atoms with Crippen LogP contribution in [0.5, 0.6) is 0 Å². The molecule has 1 heterocycles.